The van der Waals surface area contributed by atoms with E-state index in [9.17, 15) is 4.79 Å². The van der Waals surface area contributed by atoms with Crippen LogP contribution in [0, 0.1) is 0 Å². The molecule has 0 spiro atoms. The van der Waals surface area contributed by atoms with Gasteiger partial charge < -0.3 is 15.7 Å². The fourth-order valence-electron chi connectivity index (χ4n) is 2.02. The zero-order chi connectivity index (χ0) is 13.3. The molecule has 3 N–H and O–H groups in total. The summed E-state index contributed by atoms with van der Waals surface area (Å²) in [7, 11) is 0. The summed E-state index contributed by atoms with van der Waals surface area (Å²) in [6.07, 6.45) is 4.18. The number of hydrogen-bond acceptors (Lipinski definition) is 3. The highest BCUT2D eigenvalue weighted by atomic mass is 16.4. The molecule has 4 nitrogen and oxygen atoms in total. The van der Waals surface area contributed by atoms with E-state index in [2.05, 4.69) is 18.7 Å². The Bertz CT molecular complexity index is 215. The number of rotatable bonds is 10. The lowest BCUT2D eigenvalue weighted by Crippen LogP contribution is -2.47. The Morgan fingerprint density at radius 3 is 2.06 bits per heavy atom. The van der Waals surface area contributed by atoms with Crippen LogP contribution in [0.25, 0.3) is 0 Å². The second-order valence-electron chi connectivity index (χ2n) is 4.76. The Hall–Kier alpha value is -0.610. The van der Waals surface area contributed by atoms with Gasteiger partial charge in [0.05, 0.1) is 0 Å². The molecule has 1 unspecified atom stereocenters. The van der Waals surface area contributed by atoms with Crippen LogP contribution in [0.15, 0.2) is 0 Å². The van der Waals surface area contributed by atoms with E-state index in [0.717, 1.165) is 38.9 Å². The lowest BCUT2D eigenvalue weighted by molar-refractivity contribution is -0.143. The van der Waals surface area contributed by atoms with E-state index >= 15 is 0 Å². The van der Waals surface area contributed by atoms with Crippen LogP contribution in [0.1, 0.15) is 52.9 Å². The van der Waals surface area contributed by atoms with Gasteiger partial charge in [-0.25, -0.2) is 0 Å². The number of nitrogens with two attached hydrogens (primary N) is 1. The molecule has 0 rings (SSSR count). The van der Waals surface area contributed by atoms with E-state index in [1.165, 1.54) is 0 Å². The van der Waals surface area contributed by atoms with Crippen LogP contribution in [0.5, 0.6) is 0 Å². The summed E-state index contributed by atoms with van der Waals surface area (Å²) >= 11 is 0. The van der Waals surface area contributed by atoms with Gasteiger partial charge in [-0.2, -0.15) is 0 Å². The smallest absolute Gasteiger partial charge is 0.323 e. The Balaban J connectivity index is 4.04. The van der Waals surface area contributed by atoms with Crippen LogP contribution in [-0.4, -0.2) is 41.1 Å². The highest BCUT2D eigenvalue weighted by Crippen LogP contribution is 2.15. The van der Waals surface area contributed by atoms with Gasteiger partial charge in [-0.15, -0.1) is 0 Å². The van der Waals surface area contributed by atoms with Crippen molar-refractivity contribution in [3.05, 3.63) is 0 Å². The molecule has 17 heavy (non-hydrogen) atoms. The molecule has 0 saturated carbocycles. The van der Waals surface area contributed by atoms with Gasteiger partial charge in [0.1, 0.15) is 5.54 Å². The van der Waals surface area contributed by atoms with E-state index < -0.39 is 11.5 Å². The van der Waals surface area contributed by atoms with Gasteiger partial charge in [-0.1, -0.05) is 20.8 Å². The maximum atomic E-state index is 11.0. The van der Waals surface area contributed by atoms with Crippen LogP contribution < -0.4 is 5.73 Å². The lowest BCUT2D eigenvalue weighted by atomic mass is 9.92. The first-order chi connectivity index (χ1) is 8.00. The Labute approximate surface area is 105 Å². The predicted molar refractivity (Wildman–Crippen MR) is 71.1 cm³/mol. The molecule has 0 radical (unpaired) electrons. The van der Waals surface area contributed by atoms with Crippen LogP contribution in [0.4, 0.5) is 0 Å². The molecule has 0 aromatic carbocycles. The average molecular weight is 244 g/mol. The molecule has 0 aliphatic carbocycles. The number of carboxylic acid groups (broad SMARTS) is 1. The minimum absolute atomic E-state index is 0.490. The number of aliphatic carboxylic acids is 1. The van der Waals surface area contributed by atoms with Crippen molar-refractivity contribution in [2.75, 3.05) is 19.6 Å². The van der Waals surface area contributed by atoms with Crippen molar-refractivity contribution in [2.24, 2.45) is 5.73 Å². The SMILES string of the molecule is CCCN(CCC)CCCC(N)(CC)C(=O)O. The summed E-state index contributed by atoms with van der Waals surface area (Å²) in [5.41, 5.74) is 4.82. The second kappa shape index (κ2) is 8.48. The summed E-state index contributed by atoms with van der Waals surface area (Å²) in [5, 5.41) is 9.07. The summed E-state index contributed by atoms with van der Waals surface area (Å²) < 4.78 is 0. The van der Waals surface area contributed by atoms with E-state index in [1.807, 2.05) is 6.92 Å². The van der Waals surface area contributed by atoms with Gasteiger partial charge in [0.15, 0.2) is 0 Å². The molecule has 1 atom stereocenters. The molecule has 0 heterocycles. The first-order valence-electron chi connectivity index (χ1n) is 6.74. The van der Waals surface area contributed by atoms with Gasteiger partial charge in [0, 0.05) is 0 Å². The molecule has 0 aromatic heterocycles. The maximum absolute atomic E-state index is 11.0. The van der Waals surface area contributed by atoms with E-state index in [4.69, 9.17) is 10.8 Å². The van der Waals surface area contributed by atoms with Gasteiger partial charge in [0.2, 0.25) is 0 Å². The molecule has 4 heteroatoms. The van der Waals surface area contributed by atoms with Crippen LogP contribution in [0.3, 0.4) is 0 Å². The lowest BCUT2D eigenvalue weighted by Gasteiger charge is -2.26. The summed E-state index contributed by atoms with van der Waals surface area (Å²) in [4.78, 5) is 13.4. The van der Waals surface area contributed by atoms with Crippen molar-refractivity contribution in [3.8, 4) is 0 Å². The van der Waals surface area contributed by atoms with Crippen molar-refractivity contribution in [2.45, 2.75) is 58.4 Å². The highest BCUT2D eigenvalue weighted by Gasteiger charge is 2.31. The minimum atomic E-state index is -1.04. The van der Waals surface area contributed by atoms with E-state index in [0.29, 0.717) is 12.8 Å². The molecular formula is C13H28N2O2. The Morgan fingerprint density at radius 1 is 1.18 bits per heavy atom. The third-order valence-electron chi connectivity index (χ3n) is 3.23. The van der Waals surface area contributed by atoms with Crippen LogP contribution in [0.2, 0.25) is 0 Å². The Morgan fingerprint density at radius 2 is 1.71 bits per heavy atom. The van der Waals surface area contributed by atoms with Crippen molar-refractivity contribution >= 4 is 5.97 Å². The van der Waals surface area contributed by atoms with E-state index in [1.54, 1.807) is 0 Å². The van der Waals surface area contributed by atoms with Crippen LogP contribution >= 0.6 is 0 Å². The first-order valence-corrected chi connectivity index (χ1v) is 6.74. The average Bonchev–Trinajstić information content (AvgIpc) is 2.29. The number of carbonyl (C=O) groups is 1. The third-order valence-corrected chi connectivity index (χ3v) is 3.23. The zero-order valence-electron chi connectivity index (χ0n) is 11.5. The summed E-state index contributed by atoms with van der Waals surface area (Å²) in [6, 6.07) is 0. The topological polar surface area (TPSA) is 66.6 Å². The third kappa shape index (κ3) is 6.03. The summed E-state index contributed by atoms with van der Waals surface area (Å²) in [6.45, 7) is 9.30. The summed E-state index contributed by atoms with van der Waals surface area (Å²) in [5.74, 6) is -0.877. The van der Waals surface area contributed by atoms with Gasteiger partial charge in [-0.05, 0) is 51.7 Å². The molecule has 0 amide bonds. The van der Waals surface area contributed by atoms with Gasteiger partial charge in [-0.3, -0.25) is 4.79 Å². The molecule has 0 aromatic rings. The number of carboxylic acids is 1. The predicted octanol–water partition coefficient (Wildman–Crippen LogP) is 2.08. The molecular weight excluding hydrogens is 216 g/mol. The quantitative estimate of drug-likeness (QED) is 0.617. The van der Waals surface area contributed by atoms with Crippen molar-refractivity contribution in [3.63, 3.8) is 0 Å². The van der Waals surface area contributed by atoms with Crippen molar-refractivity contribution < 1.29 is 9.90 Å². The molecule has 0 aliphatic rings. The van der Waals surface area contributed by atoms with Gasteiger partial charge in [0.25, 0.3) is 0 Å². The number of nitrogens with zero attached hydrogens (tertiary/aromatic N) is 1. The largest absolute Gasteiger partial charge is 0.480 e. The number of hydrogen-bond donors (Lipinski definition) is 2. The van der Waals surface area contributed by atoms with Gasteiger partial charge >= 0.3 is 5.97 Å². The van der Waals surface area contributed by atoms with Crippen molar-refractivity contribution in [1.29, 1.82) is 0 Å². The standard InChI is InChI=1S/C13H28N2O2/c1-4-9-15(10-5-2)11-7-8-13(14,6-3)12(16)17/h4-11,14H2,1-3H3,(H,16,17). The zero-order valence-corrected chi connectivity index (χ0v) is 11.5. The minimum Gasteiger partial charge on any atom is -0.480 e. The van der Waals surface area contributed by atoms with Crippen molar-refractivity contribution in [1.82, 2.24) is 4.90 Å². The highest BCUT2D eigenvalue weighted by molar-refractivity contribution is 5.78. The van der Waals surface area contributed by atoms with Crippen LogP contribution in [-0.2, 0) is 4.79 Å². The van der Waals surface area contributed by atoms with E-state index in [-0.39, 0.29) is 0 Å². The molecule has 0 bridgehead atoms. The molecule has 0 saturated heterocycles. The second-order valence-corrected chi connectivity index (χ2v) is 4.76. The molecule has 102 valence electrons. The molecule has 0 aliphatic heterocycles. The fourth-order valence-corrected chi connectivity index (χ4v) is 2.02. The Kier molecular flexibility index (Phi) is 8.17. The first kappa shape index (κ1) is 16.4. The maximum Gasteiger partial charge on any atom is 0.323 e. The monoisotopic (exact) mass is 244 g/mol. The fraction of sp³-hybridized carbons (Fsp3) is 0.923. The normalized spacial score (nSPS) is 14.9. The molecule has 0 fully saturated rings.